The second-order valence-electron chi connectivity index (χ2n) is 6.43. The Hall–Kier alpha value is -2.53. The summed E-state index contributed by atoms with van der Waals surface area (Å²) < 4.78 is 0. The van der Waals surface area contributed by atoms with Crippen LogP contribution in [0.25, 0.3) is 5.57 Å². The first kappa shape index (κ1) is 19.8. The van der Waals surface area contributed by atoms with Crippen LogP contribution in [0.15, 0.2) is 88.7 Å². The van der Waals surface area contributed by atoms with Gasteiger partial charge in [0.05, 0.1) is 22.0 Å². The van der Waals surface area contributed by atoms with Crippen LogP contribution in [0, 0.1) is 0 Å². The number of hydrogen-bond donors (Lipinski definition) is 0. The summed E-state index contributed by atoms with van der Waals surface area (Å²) in [7, 11) is 0. The van der Waals surface area contributed by atoms with Crippen LogP contribution in [0.1, 0.15) is 11.1 Å². The van der Waals surface area contributed by atoms with Crippen molar-refractivity contribution in [2.75, 3.05) is 0 Å². The third-order valence-corrected chi connectivity index (χ3v) is 6.11. The highest BCUT2D eigenvalue weighted by Gasteiger charge is 2.40. The van der Waals surface area contributed by atoms with Crippen LogP contribution in [-0.2, 0) is 16.1 Å². The first-order valence-corrected chi connectivity index (χ1v) is 10.4. The van der Waals surface area contributed by atoms with E-state index in [4.69, 9.17) is 23.2 Å². The summed E-state index contributed by atoms with van der Waals surface area (Å²) in [4.78, 5) is 29.0. The van der Waals surface area contributed by atoms with Crippen molar-refractivity contribution in [3.05, 3.63) is 105 Å². The van der Waals surface area contributed by atoms with Crippen molar-refractivity contribution in [2.24, 2.45) is 0 Å². The zero-order valence-corrected chi connectivity index (χ0v) is 17.5. The molecular weight excluding hydrogens is 425 g/mol. The molecule has 144 valence electrons. The van der Waals surface area contributed by atoms with Gasteiger partial charge in [-0.25, -0.2) is 0 Å². The van der Waals surface area contributed by atoms with Gasteiger partial charge in [-0.1, -0.05) is 89.6 Å². The predicted molar refractivity (Wildman–Crippen MR) is 118 cm³/mol. The van der Waals surface area contributed by atoms with Crippen molar-refractivity contribution in [1.82, 2.24) is 4.90 Å². The van der Waals surface area contributed by atoms with E-state index in [0.717, 1.165) is 10.5 Å². The number of benzene rings is 3. The Kier molecular flexibility index (Phi) is 5.76. The second kappa shape index (κ2) is 8.46. The lowest BCUT2D eigenvalue weighted by atomic mass is 10.1. The highest BCUT2D eigenvalue weighted by atomic mass is 35.5. The van der Waals surface area contributed by atoms with Gasteiger partial charge in [-0.15, -0.1) is 0 Å². The van der Waals surface area contributed by atoms with Crippen LogP contribution in [0.2, 0.25) is 10.0 Å². The summed E-state index contributed by atoms with van der Waals surface area (Å²) in [5, 5.41) is 0.802. The predicted octanol–water partition coefficient (Wildman–Crippen LogP) is 6.07. The molecule has 0 atom stereocenters. The molecule has 1 aliphatic heterocycles. The van der Waals surface area contributed by atoms with Crippen LogP contribution >= 0.6 is 35.0 Å². The summed E-state index contributed by atoms with van der Waals surface area (Å²) in [5.41, 5.74) is 1.69. The molecule has 0 unspecified atom stereocenters. The zero-order chi connectivity index (χ0) is 20.4. The van der Waals surface area contributed by atoms with E-state index in [1.165, 1.54) is 16.7 Å². The quantitative estimate of drug-likeness (QED) is 0.452. The molecule has 0 bridgehead atoms. The highest BCUT2D eigenvalue weighted by Crippen LogP contribution is 2.42. The number of hydrogen-bond acceptors (Lipinski definition) is 3. The van der Waals surface area contributed by atoms with Gasteiger partial charge in [0.25, 0.3) is 11.8 Å². The minimum absolute atomic E-state index is 0.200. The lowest BCUT2D eigenvalue weighted by Gasteiger charge is -2.15. The van der Waals surface area contributed by atoms with Gasteiger partial charge in [0.2, 0.25) is 0 Å². The number of imide groups is 1. The average molecular weight is 440 g/mol. The maximum absolute atomic E-state index is 13.3. The minimum Gasteiger partial charge on any atom is -0.269 e. The van der Waals surface area contributed by atoms with Crippen molar-refractivity contribution >= 4 is 52.4 Å². The number of amides is 2. The first-order valence-electron chi connectivity index (χ1n) is 8.87. The molecule has 3 aromatic rings. The molecule has 2 amide bonds. The summed E-state index contributed by atoms with van der Waals surface area (Å²) >= 11 is 13.7. The van der Waals surface area contributed by atoms with Gasteiger partial charge in [0, 0.05) is 15.5 Å². The zero-order valence-electron chi connectivity index (χ0n) is 15.1. The van der Waals surface area contributed by atoms with Crippen LogP contribution in [0.4, 0.5) is 0 Å². The Morgan fingerprint density at radius 1 is 0.793 bits per heavy atom. The molecule has 6 heteroatoms. The van der Waals surface area contributed by atoms with Crippen molar-refractivity contribution < 1.29 is 9.59 Å². The third-order valence-electron chi connectivity index (χ3n) is 4.47. The SMILES string of the molecule is O=C1C(Sc2ccccc2)=C(c2ccc(Cl)cc2Cl)C(=O)N1Cc1ccccc1. The Balaban J connectivity index is 1.78. The van der Waals surface area contributed by atoms with E-state index in [9.17, 15) is 9.59 Å². The van der Waals surface area contributed by atoms with Gasteiger partial charge in [-0.3, -0.25) is 14.5 Å². The summed E-state index contributed by atoms with van der Waals surface area (Å²) in [5.74, 6) is -0.685. The number of carbonyl (C=O) groups is 2. The van der Waals surface area contributed by atoms with E-state index in [1.807, 2.05) is 60.7 Å². The lowest BCUT2D eigenvalue weighted by molar-refractivity contribution is -0.137. The van der Waals surface area contributed by atoms with Crippen molar-refractivity contribution in [3.8, 4) is 0 Å². The Morgan fingerprint density at radius 2 is 1.45 bits per heavy atom. The van der Waals surface area contributed by atoms with Gasteiger partial charge in [0.1, 0.15) is 0 Å². The Bertz CT molecular complexity index is 1110. The van der Waals surface area contributed by atoms with E-state index in [-0.39, 0.29) is 18.4 Å². The molecule has 0 fully saturated rings. The first-order chi connectivity index (χ1) is 14.0. The highest BCUT2D eigenvalue weighted by molar-refractivity contribution is 8.04. The van der Waals surface area contributed by atoms with Crippen LogP contribution in [-0.4, -0.2) is 16.7 Å². The monoisotopic (exact) mass is 439 g/mol. The fourth-order valence-electron chi connectivity index (χ4n) is 3.09. The number of rotatable bonds is 5. The molecule has 1 aliphatic rings. The van der Waals surface area contributed by atoms with Gasteiger partial charge in [0.15, 0.2) is 0 Å². The number of halogens is 2. The van der Waals surface area contributed by atoms with E-state index in [0.29, 0.717) is 26.1 Å². The maximum Gasteiger partial charge on any atom is 0.268 e. The second-order valence-corrected chi connectivity index (χ2v) is 8.35. The molecule has 0 aliphatic carbocycles. The van der Waals surface area contributed by atoms with Crippen molar-refractivity contribution in [1.29, 1.82) is 0 Å². The van der Waals surface area contributed by atoms with E-state index in [1.54, 1.807) is 18.2 Å². The molecule has 0 spiro atoms. The maximum atomic E-state index is 13.3. The molecule has 0 saturated heterocycles. The fourth-order valence-corrected chi connectivity index (χ4v) is 4.62. The molecule has 0 saturated carbocycles. The van der Waals surface area contributed by atoms with Crippen molar-refractivity contribution in [2.45, 2.75) is 11.4 Å². The normalized spacial score (nSPS) is 14.1. The van der Waals surface area contributed by atoms with E-state index in [2.05, 4.69) is 0 Å². The summed E-state index contributed by atoms with van der Waals surface area (Å²) in [6, 6.07) is 23.8. The topological polar surface area (TPSA) is 37.4 Å². The van der Waals surface area contributed by atoms with E-state index >= 15 is 0 Å². The molecule has 0 N–H and O–H groups in total. The van der Waals surface area contributed by atoms with Crippen molar-refractivity contribution in [3.63, 3.8) is 0 Å². The Labute approximate surface area is 182 Å². The smallest absolute Gasteiger partial charge is 0.268 e. The lowest BCUT2D eigenvalue weighted by Crippen LogP contribution is -2.30. The molecule has 29 heavy (non-hydrogen) atoms. The molecule has 3 aromatic carbocycles. The van der Waals surface area contributed by atoms with Gasteiger partial charge in [-0.05, 0) is 29.8 Å². The van der Waals surface area contributed by atoms with Crippen LogP contribution in [0.5, 0.6) is 0 Å². The third kappa shape index (κ3) is 4.10. The standard InChI is InChI=1S/C23H15Cl2NO2S/c24-16-11-12-18(19(25)13-16)20-21(29-17-9-5-2-6-10-17)23(28)26(22(20)27)14-15-7-3-1-4-8-15/h1-13H,14H2. The molecule has 1 heterocycles. The number of thioether (sulfide) groups is 1. The molecule has 3 nitrogen and oxygen atoms in total. The van der Waals surface area contributed by atoms with Gasteiger partial charge < -0.3 is 0 Å². The number of nitrogens with zero attached hydrogens (tertiary/aromatic N) is 1. The largest absolute Gasteiger partial charge is 0.269 e. The van der Waals surface area contributed by atoms with E-state index < -0.39 is 0 Å². The Morgan fingerprint density at radius 3 is 2.10 bits per heavy atom. The summed E-state index contributed by atoms with van der Waals surface area (Å²) in [6.07, 6.45) is 0. The molecule has 0 aromatic heterocycles. The molecule has 4 rings (SSSR count). The van der Waals surface area contributed by atoms with Gasteiger partial charge in [-0.2, -0.15) is 0 Å². The van der Waals surface area contributed by atoms with Crippen LogP contribution in [0.3, 0.4) is 0 Å². The number of carbonyl (C=O) groups excluding carboxylic acids is 2. The minimum atomic E-state index is -0.360. The van der Waals surface area contributed by atoms with Gasteiger partial charge >= 0.3 is 0 Å². The molecular formula is C23H15Cl2NO2S. The average Bonchev–Trinajstić information content (AvgIpc) is 2.94. The molecule has 0 radical (unpaired) electrons. The summed E-state index contributed by atoms with van der Waals surface area (Å²) in [6.45, 7) is 0.200. The fraction of sp³-hybridized carbons (Fsp3) is 0.0435. The van der Waals surface area contributed by atoms with Crippen LogP contribution < -0.4 is 0 Å².